The lowest BCUT2D eigenvalue weighted by molar-refractivity contribution is 0.516. The van der Waals surface area contributed by atoms with Crippen LogP contribution in [0.3, 0.4) is 0 Å². The van der Waals surface area contributed by atoms with Gasteiger partial charge in [0.25, 0.3) is 0 Å². The van der Waals surface area contributed by atoms with Gasteiger partial charge in [0.1, 0.15) is 0 Å². The first kappa shape index (κ1) is 32.5. The summed E-state index contributed by atoms with van der Waals surface area (Å²) in [6.45, 7) is 7.13. The summed E-state index contributed by atoms with van der Waals surface area (Å²) >= 11 is 6.41. The van der Waals surface area contributed by atoms with Crippen LogP contribution in [0, 0.1) is 0 Å². The van der Waals surface area contributed by atoms with Gasteiger partial charge in [0.15, 0.2) is 0 Å². The molecule has 0 saturated carbocycles. The Morgan fingerprint density at radius 2 is 0.688 bits per heavy atom. The smallest absolute Gasteiger partial charge is 0.0320 e. The second-order valence-corrected chi connectivity index (χ2v) is 15.0. The van der Waals surface area contributed by atoms with Crippen LogP contribution in [0.25, 0.3) is 0 Å². The van der Waals surface area contributed by atoms with Gasteiger partial charge >= 0.3 is 0 Å². The summed E-state index contributed by atoms with van der Waals surface area (Å²) in [7, 11) is -0.465. The Labute approximate surface area is 212 Å². The van der Waals surface area contributed by atoms with Gasteiger partial charge in [-0.2, -0.15) is 0 Å². The second-order valence-electron chi connectivity index (χ2n) is 11.1. The van der Waals surface area contributed by atoms with Crippen LogP contribution in [0.1, 0.15) is 167 Å². The van der Waals surface area contributed by atoms with E-state index >= 15 is 0 Å². The predicted molar refractivity (Wildman–Crippen MR) is 154 cm³/mol. The number of unbranched alkanes of at least 4 members (excludes halogenated alkanes) is 23. The molecule has 0 aliphatic heterocycles. The Morgan fingerprint density at radius 1 is 0.438 bits per heavy atom. The van der Waals surface area contributed by atoms with Gasteiger partial charge in [0, 0.05) is 14.2 Å². The van der Waals surface area contributed by atoms with Gasteiger partial charge in [0.2, 0.25) is 0 Å². The first-order valence-electron chi connectivity index (χ1n) is 15.3. The molecule has 0 bridgehead atoms. The normalized spacial score (nSPS) is 12.7. The van der Waals surface area contributed by atoms with Gasteiger partial charge in [0.05, 0.1) is 0 Å². The Kier molecular flexibility index (Phi) is 28.2. The lowest BCUT2D eigenvalue weighted by atomic mass is 10.0. The zero-order valence-electron chi connectivity index (χ0n) is 22.9. The lowest BCUT2D eigenvalue weighted by Crippen LogP contribution is -2.09. The van der Waals surface area contributed by atoms with Crippen molar-refractivity contribution in [2.45, 2.75) is 192 Å². The molecular formula is C30H63ClSi. The topological polar surface area (TPSA) is 0 Å². The highest BCUT2D eigenvalue weighted by Gasteiger charge is 2.07. The molecule has 0 N–H and O–H groups in total. The molecule has 0 fully saturated rings. The summed E-state index contributed by atoms with van der Waals surface area (Å²) in [6, 6.07) is 1.32. The highest BCUT2D eigenvalue weighted by molar-refractivity contribution is 6.57. The highest BCUT2D eigenvalue weighted by atomic mass is 35.5. The zero-order valence-corrected chi connectivity index (χ0v) is 24.8. The number of alkyl halides is 1. The van der Waals surface area contributed by atoms with Crippen molar-refractivity contribution in [3.05, 3.63) is 0 Å². The molecule has 0 nitrogen and oxygen atoms in total. The summed E-state index contributed by atoms with van der Waals surface area (Å²) in [5, 5.41) is 0.474. The van der Waals surface area contributed by atoms with E-state index in [4.69, 9.17) is 11.6 Å². The van der Waals surface area contributed by atoms with Crippen LogP contribution >= 0.6 is 11.6 Å². The van der Waals surface area contributed by atoms with E-state index in [0.717, 1.165) is 0 Å². The van der Waals surface area contributed by atoms with E-state index in [9.17, 15) is 0 Å². The summed E-state index contributed by atoms with van der Waals surface area (Å²) in [5.74, 6) is 0. The third-order valence-corrected chi connectivity index (χ3v) is 9.31. The fraction of sp³-hybridized carbons (Fsp3) is 1.00. The van der Waals surface area contributed by atoms with Crippen LogP contribution in [0.5, 0.6) is 0 Å². The van der Waals surface area contributed by atoms with E-state index in [2.05, 4.69) is 20.0 Å². The molecule has 2 heteroatoms. The van der Waals surface area contributed by atoms with Crippen molar-refractivity contribution in [1.29, 1.82) is 0 Å². The molecule has 32 heavy (non-hydrogen) atoms. The van der Waals surface area contributed by atoms with Gasteiger partial charge in [-0.3, -0.25) is 0 Å². The fourth-order valence-corrected chi connectivity index (χ4v) is 7.44. The Hall–Kier alpha value is 0.507. The van der Waals surface area contributed by atoms with Crippen LogP contribution in [-0.4, -0.2) is 14.2 Å². The summed E-state index contributed by atoms with van der Waals surface area (Å²) in [6.07, 6.45) is 36.4. The third kappa shape index (κ3) is 28.5. The average Bonchev–Trinajstić information content (AvgIpc) is 2.76. The third-order valence-electron chi connectivity index (χ3n) is 7.10. The van der Waals surface area contributed by atoms with Gasteiger partial charge in [-0.1, -0.05) is 174 Å². The molecular weight excluding hydrogens is 424 g/mol. The van der Waals surface area contributed by atoms with Crippen LogP contribution in [0.15, 0.2) is 0 Å². The van der Waals surface area contributed by atoms with E-state index < -0.39 is 8.80 Å². The molecule has 0 aliphatic carbocycles. The molecule has 0 aromatic rings. The number of rotatable bonds is 27. The van der Waals surface area contributed by atoms with Gasteiger partial charge in [-0.15, -0.1) is 11.6 Å². The minimum absolute atomic E-state index is 0.465. The number of halogens is 1. The zero-order chi connectivity index (χ0) is 23.5. The van der Waals surface area contributed by atoms with Crippen molar-refractivity contribution in [2.24, 2.45) is 0 Å². The molecule has 0 saturated heterocycles. The van der Waals surface area contributed by atoms with E-state index in [-0.39, 0.29) is 0 Å². The molecule has 0 aliphatic rings. The minimum atomic E-state index is -0.465. The van der Waals surface area contributed by atoms with Crippen molar-refractivity contribution >= 4 is 20.4 Å². The van der Waals surface area contributed by atoms with Crippen molar-refractivity contribution in [3.63, 3.8) is 0 Å². The first-order valence-corrected chi connectivity index (χ1v) is 18.9. The van der Waals surface area contributed by atoms with Crippen molar-refractivity contribution in [1.82, 2.24) is 0 Å². The highest BCUT2D eigenvalue weighted by Crippen LogP contribution is 2.18. The Morgan fingerprint density at radius 3 is 0.938 bits per heavy atom. The molecule has 0 aromatic carbocycles. The molecule has 0 spiro atoms. The number of hydrogen-bond acceptors (Lipinski definition) is 0. The molecule has 0 heterocycles. The largest absolute Gasteiger partial charge is 0.123 e. The van der Waals surface area contributed by atoms with Crippen molar-refractivity contribution in [2.75, 3.05) is 0 Å². The van der Waals surface area contributed by atoms with Gasteiger partial charge in [-0.25, -0.2) is 0 Å². The molecule has 0 aromatic heterocycles. The van der Waals surface area contributed by atoms with E-state index in [1.165, 1.54) is 167 Å². The van der Waals surface area contributed by atoms with E-state index in [1.54, 1.807) is 0 Å². The predicted octanol–water partition coefficient (Wildman–Crippen LogP) is 11.9. The number of hydrogen-bond donors (Lipinski definition) is 0. The Balaban J connectivity index is 3.05. The molecule has 0 radical (unpaired) electrons. The SMILES string of the molecule is CCCCCCCCCCCCCCCCCCCCCCCCCCC(Cl)C[SiH](C)C. The minimum Gasteiger partial charge on any atom is -0.123 e. The maximum absolute atomic E-state index is 6.41. The van der Waals surface area contributed by atoms with Crippen molar-refractivity contribution < 1.29 is 0 Å². The average molecular weight is 487 g/mol. The van der Waals surface area contributed by atoms with Crippen LogP contribution in [0.4, 0.5) is 0 Å². The summed E-state index contributed by atoms with van der Waals surface area (Å²) in [4.78, 5) is 0. The standard InChI is InChI=1S/C30H63ClSi/c1-4-5-6-7-8-9-10-11-12-13-14-15-16-17-18-19-20-21-22-23-24-25-26-27-28-30(31)29-32(2)3/h30,32H,4-29H2,1-3H3. The van der Waals surface area contributed by atoms with E-state index in [0.29, 0.717) is 5.38 Å². The fourth-order valence-electron chi connectivity index (χ4n) is 4.96. The first-order chi connectivity index (χ1) is 15.7. The van der Waals surface area contributed by atoms with E-state index in [1.807, 2.05) is 0 Å². The molecule has 0 rings (SSSR count). The molecule has 194 valence electrons. The molecule has 1 unspecified atom stereocenters. The van der Waals surface area contributed by atoms with Crippen LogP contribution in [0.2, 0.25) is 19.1 Å². The second kappa shape index (κ2) is 27.7. The maximum atomic E-state index is 6.41. The van der Waals surface area contributed by atoms with Gasteiger partial charge in [-0.05, 0) is 12.5 Å². The molecule has 1 atom stereocenters. The van der Waals surface area contributed by atoms with Crippen LogP contribution < -0.4 is 0 Å². The monoisotopic (exact) mass is 486 g/mol. The quantitative estimate of drug-likeness (QED) is 0.0614. The summed E-state index contributed by atoms with van der Waals surface area (Å²) < 4.78 is 0. The Bertz CT molecular complexity index is 331. The van der Waals surface area contributed by atoms with Crippen molar-refractivity contribution in [3.8, 4) is 0 Å². The van der Waals surface area contributed by atoms with Gasteiger partial charge < -0.3 is 0 Å². The maximum Gasteiger partial charge on any atom is 0.0320 e. The van der Waals surface area contributed by atoms with Crippen LogP contribution in [-0.2, 0) is 0 Å². The molecule has 0 amide bonds. The summed E-state index contributed by atoms with van der Waals surface area (Å²) in [5.41, 5.74) is 0. The lowest BCUT2D eigenvalue weighted by Gasteiger charge is -2.10.